The molecule has 0 spiro atoms. The minimum atomic E-state index is -0.614. The van der Waals surface area contributed by atoms with E-state index >= 15 is 0 Å². The third-order valence-electron chi connectivity index (χ3n) is 3.16. The van der Waals surface area contributed by atoms with Crippen molar-refractivity contribution in [3.05, 3.63) is 58.2 Å². The zero-order chi connectivity index (χ0) is 18.4. The molecule has 0 aliphatic rings. The average Bonchev–Trinajstić information content (AvgIpc) is 2.58. The first kappa shape index (κ1) is 18.5. The van der Waals surface area contributed by atoms with Gasteiger partial charge in [0.25, 0.3) is 5.91 Å². The van der Waals surface area contributed by atoms with Gasteiger partial charge in [-0.1, -0.05) is 23.2 Å². The van der Waals surface area contributed by atoms with Crippen LogP contribution < -0.4 is 21.1 Å². The van der Waals surface area contributed by atoms with Crippen molar-refractivity contribution >= 4 is 46.2 Å². The summed E-state index contributed by atoms with van der Waals surface area (Å²) >= 11 is 11.8. The molecule has 2 aromatic rings. The summed E-state index contributed by atoms with van der Waals surface area (Å²) in [7, 11) is 1.46. The first-order valence-electron chi connectivity index (χ1n) is 7.01. The number of rotatable bonds is 5. The number of ether oxygens (including phenoxy) is 1. The second-order valence-corrected chi connectivity index (χ2v) is 5.69. The number of amides is 1. The topological polar surface area (TPSA) is 100 Å². The lowest BCUT2D eigenvalue weighted by atomic mass is 10.2. The highest BCUT2D eigenvalue weighted by atomic mass is 35.5. The Balaban J connectivity index is 2.17. The van der Waals surface area contributed by atoms with Crippen molar-refractivity contribution in [3.63, 3.8) is 0 Å². The lowest BCUT2D eigenvalue weighted by Gasteiger charge is -2.10. The van der Waals surface area contributed by atoms with E-state index in [2.05, 4.69) is 10.6 Å². The maximum atomic E-state index is 12.3. The number of halogens is 2. The molecule has 2 rings (SSSR count). The van der Waals surface area contributed by atoms with Crippen molar-refractivity contribution in [2.75, 3.05) is 23.5 Å². The minimum absolute atomic E-state index is 0.144. The Kier molecular flexibility index (Phi) is 6.12. The lowest BCUT2D eigenvalue weighted by molar-refractivity contribution is -0.112. The van der Waals surface area contributed by atoms with Crippen LogP contribution in [-0.2, 0) is 4.79 Å². The summed E-state index contributed by atoms with van der Waals surface area (Å²) in [6, 6.07) is 11.5. The third kappa shape index (κ3) is 4.80. The Hall–Kier alpha value is -2.88. The number of nitriles is 1. The monoisotopic (exact) mass is 376 g/mol. The fourth-order valence-corrected chi connectivity index (χ4v) is 2.24. The van der Waals surface area contributed by atoms with Gasteiger partial charge in [0.05, 0.1) is 23.5 Å². The number of nitrogen functional groups attached to an aromatic ring is 1. The number of carbonyl (C=O) groups is 1. The van der Waals surface area contributed by atoms with Crippen molar-refractivity contribution in [1.29, 1.82) is 5.26 Å². The SMILES string of the molecule is COc1ccc(Cl)cc1NC(=O)/C(C#N)=C\Nc1ccc(N)c(Cl)c1. The number of anilines is 3. The summed E-state index contributed by atoms with van der Waals surface area (Å²) < 4.78 is 5.15. The molecule has 0 aliphatic heterocycles. The zero-order valence-corrected chi connectivity index (χ0v) is 14.7. The van der Waals surface area contributed by atoms with Gasteiger partial charge in [-0.05, 0) is 36.4 Å². The van der Waals surface area contributed by atoms with E-state index in [4.69, 9.17) is 33.7 Å². The van der Waals surface area contributed by atoms with E-state index in [1.54, 1.807) is 30.3 Å². The molecular weight excluding hydrogens is 363 g/mol. The summed E-state index contributed by atoms with van der Waals surface area (Å²) in [4.78, 5) is 12.3. The number of hydrogen-bond acceptors (Lipinski definition) is 5. The molecule has 2 aromatic carbocycles. The summed E-state index contributed by atoms with van der Waals surface area (Å²) in [5, 5.41) is 15.4. The van der Waals surface area contributed by atoms with Crippen LogP contribution in [-0.4, -0.2) is 13.0 Å². The van der Waals surface area contributed by atoms with Crippen LogP contribution in [0.3, 0.4) is 0 Å². The molecule has 1 amide bonds. The molecule has 0 atom stereocenters. The van der Waals surface area contributed by atoms with E-state index in [9.17, 15) is 10.1 Å². The van der Waals surface area contributed by atoms with Gasteiger partial charge in [0.1, 0.15) is 17.4 Å². The lowest BCUT2D eigenvalue weighted by Crippen LogP contribution is -2.15. The second-order valence-electron chi connectivity index (χ2n) is 4.85. The van der Waals surface area contributed by atoms with Crippen LogP contribution in [0.15, 0.2) is 48.2 Å². The number of hydrogen-bond donors (Lipinski definition) is 3. The summed E-state index contributed by atoms with van der Waals surface area (Å²) in [6.45, 7) is 0. The first-order chi connectivity index (χ1) is 11.9. The highest BCUT2D eigenvalue weighted by Crippen LogP contribution is 2.28. The number of carbonyl (C=O) groups excluding carboxylic acids is 1. The van der Waals surface area contributed by atoms with Gasteiger partial charge >= 0.3 is 0 Å². The summed E-state index contributed by atoms with van der Waals surface area (Å²) in [5.74, 6) is -0.189. The van der Waals surface area contributed by atoms with Crippen molar-refractivity contribution in [2.45, 2.75) is 0 Å². The van der Waals surface area contributed by atoms with Crippen LogP contribution >= 0.6 is 23.2 Å². The molecule has 0 aliphatic carbocycles. The van der Waals surface area contributed by atoms with E-state index in [0.717, 1.165) is 0 Å². The average molecular weight is 377 g/mol. The number of nitrogens with two attached hydrogens (primary N) is 1. The van der Waals surface area contributed by atoms with E-state index in [0.29, 0.717) is 32.9 Å². The largest absolute Gasteiger partial charge is 0.495 e. The molecule has 0 unspecified atom stereocenters. The van der Waals surface area contributed by atoms with Crippen molar-refractivity contribution in [2.24, 2.45) is 0 Å². The molecule has 0 fully saturated rings. The van der Waals surface area contributed by atoms with E-state index < -0.39 is 5.91 Å². The van der Waals surface area contributed by atoms with E-state index in [-0.39, 0.29) is 5.57 Å². The highest BCUT2D eigenvalue weighted by Gasteiger charge is 2.13. The molecule has 0 saturated carbocycles. The quantitative estimate of drug-likeness (QED) is 0.415. The predicted molar refractivity (Wildman–Crippen MR) is 99.8 cm³/mol. The molecular formula is C17H14Cl2N4O2. The Labute approximate surface area is 154 Å². The molecule has 6 nitrogen and oxygen atoms in total. The van der Waals surface area contributed by atoms with Gasteiger partial charge in [-0.25, -0.2) is 0 Å². The van der Waals surface area contributed by atoms with Gasteiger partial charge in [0.2, 0.25) is 0 Å². The van der Waals surface area contributed by atoms with Crippen molar-refractivity contribution < 1.29 is 9.53 Å². The fraction of sp³-hybridized carbons (Fsp3) is 0.0588. The normalized spacial score (nSPS) is 10.7. The Bertz CT molecular complexity index is 875. The van der Waals surface area contributed by atoms with Crippen LogP contribution in [0.5, 0.6) is 5.75 Å². The first-order valence-corrected chi connectivity index (χ1v) is 7.77. The minimum Gasteiger partial charge on any atom is -0.495 e. The van der Waals surface area contributed by atoms with Crippen molar-refractivity contribution in [3.8, 4) is 11.8 Å². The van der Waals surface area contributed by atoms with Gasteiger partial charge in [-0.3, -0.25) is 4.79 Å². The summed E-state index contributed by atoms with van der Waals surface area (Å²) in [5.41, 5.74) is 6.86. The Morgan fingerprint density at radius 2 is 2.04 bits per heavy atom. The molecule has 4 N–H and O–H groups in total. The second kappa shape index (κ2) is 8.29. The standard InChI is InChI=1S/C17H14Cl2N4O2/c1-25-16-5-2-11(18)6-15(16)23-17(24)10(8-20)9-22-12-3-4-14(21)13(19)7-12/h2-7,9,22H,21H2,1H3,(H,23,24)/b10-9-. The van der Waals surface area contributed by atoms with Gasteiger partial charge < -0.3 is 21.1 Å². The predicted octanol–water partition coefficient (Wildman–Crippen LogP) is 4.04. The van der Waals surface area contributed by atoms with Crippen LogP contribution in [0.4, 0.5) is 17.1 Å². The number of methoxy groups -OCH3 is 1. The maximum Gasteiger partial charge on any atom is 0.267 e. The molecule has 0 aromatic heterocycles. The zero-order valence-electron chi connectivity index (χ0n) is 13.1. The fourth-order valence-electron chi connectivity index (χ4n) is 1.89. The van der Waals surface area contributed by atoms with E-state index in [1.807, 2.05) is 6.07 Å². The smallest absolute Gasteiger partial charge is 0.267 e. The van der Waals surface area contributed by atoms with Gasteiger partial charge in [0, 0.05) is 16.9 Å². The van der Waals surface area contributed by atoms with Gasteiger partial charge in [0.15, 0.2) is 0 Å². The van der Waals surface area contributed by atoms with Crippen LogP contribution in [0.2, 0.25) is 10.0 Å². The highest BCUT2D eigenvalue weighted by molar-refractivity contribution is 6.33. The van der Waals surface area contributed by atoms with Crippen LogP contribution in [0.25, 0.3) is 0 Å². The van der Waals surface area contributed by atoms with Crippen molar-refractivity contribution in [1.82, 2.24) is 0 Å². The van der Waals surface area contributed by atoms with Gasteiger partial charge in [-0.15, -0.1) is 0 Å². The molecule has 0 bridgehead atoms. The number of benzene rings is 2. The van der Waals surface area contributed by atoms with Crippen LogP contribution in [0.1, 0.15) is 0 Å². The molecule has 8 heteroatoms. The third-order valence-corrected chi connectivity index (χ3v) is 3.72. The number of nitrogens with zero attached hydrogens (tertiary/aromatic N) is 1. The molecule has 0 radical (unpaired) electrons. The van der Waals surface area contributed by atoms with E-state index in [1.165, 1.54) is 19.4 Å². The maximum absolute atomic E-state index is 12.3. The Morgan fingerprint density at radius 3 is 2.68 bits per heavy atom. The summed E-state index contributed by atoms with van der Waals surface area (Å²) in [6.07, 6.45) is 1.27. The molecule has 128 valence electrons. The number of nitrogens with one attached hydrogen (secondary N) is 2. The molecule has 0 saturated heterocycles. The van der Waals surface area contributed by atoms with Crippen LogP contribution in [0, 0.1) is 11.3 Å². The Morgan fingerprint density at radius 1 is 1.28 bits per heavy atom. The molecule has 0 heterocycles. The molecule has 25 heavy (non-hydrogen) atoms. The van der Waals surface area contributed by atoms with Gasteiger partial charge in [-0.2, -0.15) is 5.26 Å².